The Hall–Kier alpha value is -3.75. The van der Waals surface area contributed by atoms with E-state index in [1.54, 1.807) is 36.4 Å². The molecule has 0 atom stereocenters. The summed E-state index contributed by atoms with van der Waals surface area (Å²) in [7, 11) is 4.51. The molecule has 2 aromatic carbocycles. The second-order valence-electron chi connectivity index (χ2n) is 5.86. The minimum atomic E-state index is -0.482. The summed E-state index contributed by atoms with van der Waals surface area (Å²) < 4.78 is 21.2. The number of benzene rings is 2. The number of hydrogen-bond donors (Lipinski definition) is 2. The molecule has 2 aromatic rings. The monoisotopic (exact) mass is 415 g/mol. The second-order valence-corrected chi connectivity index (χ2v) is 5.86. The number of ether oxygens (including phenoxy) is 4. The van der Waals surface area contributed by atoms with Crippen LogP contribution < -0.4 is 29.7 Å². The van der Waals surface area contributed by atoms with Crippen LogP contribution in [0.5, 0.6) is 23.0 Å². The van der Waals surface area contributed by atoms with Crippen LogP contribution in [0.2, 0.25) is 0 Å². The summed E-state index contributed by atoms with van der Waals surface area (Å²) in [5, 5.41) is 6.42. The summed E-state index contributed by atoms with van der Waals surface area (Å²) in [6.07, 6.45) is 1.41. The highest BCUT2D eigenvalue weighted by atomic mass is 16.5. The lowest BCUT2D eigenvalue weighted by Gasteiger charge is -2.13. The maximum Gasteiger partial charge on any atom is 0.259 e. The predicted molar refractivity (Wildman–Crippen MR) is 112 cm³/mol. The Kier molecular flexibility index (Phi) is 8.49. The summed E-state index contributed by atoms with van der Waals surface area (Å²) in [6.45, 7) is 2.19. The van der Waals surface area contributed by atoms with E-state index in [1.165, 1.54) is 27.5 Å². The molecule has 0 aromatic heterocycles. The van der Waals surface area contributed by atoms with E-state index < -0.39 is 5.91 Å². The zero-order valence-corrected chi connectivity index (χ0v) is 17.4. The van der Waals surface area contributed by atoms with Gasteiger partial charge in [0.05, 0.1) is 40.7 Å². The molecule has 0 heterocycles. The van der Waals surface area contributed by atoms with Gasteiger partial charge in [0.25, 0.3) is 11.8 Å². The van der Waals surface area contributed by atoms with Crippen molar-refractivity contribution in [2.45, 2.75) is 6.92 Å². The van der Waals surface area contributed by atoms with Gasteiger partial charge in [-0.15, -0.1) is 0 Å². The first-order valence-electron chi connectivity index (χ1n) is 9.15. The molecule has 2 amide bonds. The predicted octanol–water partition coefficient (Wildman–Crippen LogP) is 1.99. The van der Waals surface area contributed by atoms with Crippen molar-refractivity contribution in [3.63, 3.8) is 0 Å². The summed E-state index contributed by atoms with van der Waals surface area (Å²) in [6, 6.07) is 10.0. The largest absolute Gasteiger partial charge is 0.494 e. The highest BCUT2D eigenvalue weighted by molar-refractivity contribution is 5.96. The van der Waals surface area contributed by atoms with Gasteiger partial charge in [-0.3, -0.25) is 9.59 Å². The van der Waals surface area contributed by atoms with Crippen LogP contribution in [0.3, 0.4) is 0 Å². The number of amides is 2. The van der Waals surface area contributed by atoms with Crippen LogP contribution in [0.15, 0.2) is 41.5 Å². The Balaban J connectivity index is 1.91. The molecule has 2 N–H and O–H groups in total. The molecular formula is C21H25N3O6. The normalized spacial score (nSPS) is 10.4. The molecule has 0 aliphatic rings. The Morgan fingerprint density at radius 2 is 1.67 bits per heavy atom. The molecule has 0 fully saturated rings. The van der Waals surface area contributed by atoms with E-state index >= 15 is 0 Å². The zero-order chi connectivity index (χ0) is 21.9. The Labute approximate surface area is 175 Å². The molecule has 0 unspecified atom stereocenters. The van der Waals surface area contributed by atoms with Crippen molar-refractivity contribution in [1.29, 1.82) is 0 Å². The third-order valence-electron chi connectivity index (χ3n) is 3.96. The van der Waals surface area contributed by atoms with Crippen molar-refractivity contribution in [2.24, 2.45) is 5.10 Å². The number of nitrogens with zero attached hydrogens (tertiary/aromatic N) is 1. The van der Waals surface area contributed by atoms with Crippen molar-refractivity contribution in [1.82, 2.24) is 10.7 Å². The van der Waals surface area contributed by atoms with Crippen LogP contribution >= 0.6 is 0 Å². The van der Waals surface area contributed by atoms with E-state index in [4.69, 9.17) is 18.9 Å². The standard InChI is InChI=1S/C21H25N3O6/c1-5-30-16-9-6-14(7-10-16)21(26)22-13-18(25)24-23-12-15-8-11-17(27-2)20(29-4)19(15)28-3/h6-12H,5,13H2,1-4H3,(H,22,26)(H,24,25). The van der Waals surface area contributed by atoms with E-state index in [2.05, 4.69) is 15.8 Å². The molecule has 0 saturated carbocycles. The van der Waals surface area contributed by atoms with E-state index in [1.807, 2.05) is 6.92 Å². The summed E-state index contributed by atoms with van der Waals surface area (Å²) >= 11 is 0. The first-order valence-corrected chi connectivity index (χ1v) is 9.15. The SMILES string of the molecule is CCOc1ccc(C(=O)NCC(=O)NN=Cc2ccc(OC)c(OC)c2OC)cc1. The van der Waals surface area contributed by atoms with E-state index in [9.17, 15) is 9.59 Å². The summed E-state index contributed by atoms with van der Waals surface area (Å²) in [5.74, 6) is 1.15. The minimum Gasteiger partial charge on any atom is -0.494 e. The van der Waals surface area contributed by atoms with Gasteiger partial charge in [-0.1, -0.05) is 0 Å². The fraction of sp³-hybridized carbons (Fsp3) is 0.286. The van der Waals surface area contributed by atoms with Gasteiger partial charge in [-0.2, -0.15) is 5.10 Å². The van der Waals surface area contributed by atoms with Gasteiger partial charge in [-0.05, 0) is 43.3 Å². The zero-order valence-electron chi connectivity index (χ0n) is 17.4. The minimum absolute atomic E-state index is 0.230. The van der Waals surface area contributed by atoms with Crippen molar-refractivity contribution < 1.29 is 28.5 Å². The highest BCUT2D eigenvalue weighted by Gasteiger charge is 2.14. The number of carbonyl (C=O) groups is 2. The first kappa shape index (κ1) is 22.5. The summed E-state index contributed by atoms with van der Waals surface area (Å²) in [5.41, 5.74) is 3.35. The van der Waals surface area contributed by atoms with Crippen LogP contribution in [0.25, 0.3) is 0 Å². The highest BCUT2D eigenvalue weighted by Crippen LogP contribution is 2.38. The third kappa shape index (κ3) is 5.87. The van der Waals surface area contributed by atoms with E-state index in [0.717, 1.165) is 0 Å². The molecule has 9 heteroatoms. The molecule has 2 rings (SSSR count). The van der Waals surface area contributed by atoms with E-state index in [0.29, 0.717) is 40.7 Å². The van der Waals surface area contributed by atoms with Crippen molar-refractivity contribution in [3.05, 3.63) is 47.5 Å². The average Bonchev–Trinajstić information content (AvgIpc) is 2.77. The fourth-order valence-corrected chi connectivity index (χ4v) is 2.57. The molecule has 0 aliphatic heterocycles. The van der Waals surface area contributed by atoms with Crippen molar-refractivity contribution >= 4 is 18.0 Å². The Morgan fingerprint density at radius 3 is 2.27 bits per heavy atom. The van der Waals surface area contributed by atoms with Gasteiger partial charge in [0.1, 0.15) is 5.75 Å². The van der Waals surface area contributed by atoms with Gasteiger partial charge in [0.2, 0.25) is 5.75 Å². The summed E-state index contributed by atoms with van der Waals surface area (Å²) in [4.78, 5) is 24.1. The molecule has 0 saturated heterocycles. The quantitative estimate of drug-likeness (QED) is 0.454. The molecule has 30 heavy (non-hydrogen) atoms. The van der Waals surface area contributed by atoms with E-state index in [-0.39, 0.29) is 12.5 Å². The van der Waals surface area contributed by atoms with Crippen molar-refractivity contribution in [3.8, 4) is 23.0 Å². The number of rotatable bonds is 10. The molecule has 0 radical (unpaired) electrons. The first-order chi connectivity index (χ1) is 14.5. The van der Waals surface area contributed by atoms with Crippen LogP contribution in [0.4, 0.5) is 0 Å². The number of hydrazone groups is 1. The number of hydrogen-bond acceptors (Lipinski definition) is 7. The lowest BCUT2D eigenvalue weighted by Crippen LogP contribution is -2.34. The van der Waals surface area contributed by atoms with Crippen LogP contribution in [-0.2, 0) is 4.79 Å². The number of methoxy groups -OCH3 is 3. The molecule has 0 bridgehead atoms. The maximum atomic E-state index is 12.1. The fourth-order valence-electron chi connectivity index (χ4n) is 2.57. The van der Waals surface area contributed by atoms with Gasteiger partial charge in [0.15, 0.2) is 11.5 Å². The molecule has 160 valence electrons. The Morgan fingerprint density at radius 1 is 0.967 bits per heavy atom. The molecule has 0 spiro atoms. The van der Waals surface area contributed by atoms with Crippen LogP contribution in [0.1, 0.15) is 22.8 Å². The number of nitrogens with one attached hydrogen (secondary N) is 2. The number of carbonyl (C=O) groups excluding carboxylic acids is 2. The van der Waals surface area contributed by atoms with Gasteiger partial charge >= 0.3 is 0 Å². The van der Waals surface area contributed by atoms with Gasteiger partial charge in [0, 0.05) is 11.1 Å². The lowest BCUT2D eigenvalue weighted by atomic mass is 10.2. The molecular weight excluding hydrogens is 390 g/mol. The molecule has 9 nitrogen and oxygen atoms in total. The average molecular weight is 415 g/mol. The molecule has 0 aliphatic carbocycles. The van der Waals surface area contributed by atoms with Gasteiger partial charge < -0.3 is 24.3 Å². The maximum absolute atomic E-state index is 12.1. The van der Waals surface area contributed by atoms with Gasteiger partial charge in [-0.25, -0.2) is 5.43 Å². The Bertz CT molecular complexity index is 896. The van der Waals surface area contributed by atoms with Crippen LogP contribution in [0, 0.1) is 0 Å². The third-order valence-corrected chi connectivity index (χ3v) is 3.96. The topological polar surface area (TPSA) is 107 Å². The second kappa shape index (κ2) is 11.3. The smallest absolute Gasteiger partial charge is 0.259 e. The van der Waals surface area contributed by atoms with Crippen LogP contribution in [-0.4, -0.2) is 52.5 Å². The lowest BCUT2D eigenvalue weighted by molar-refractivity contribution is -0.120. The van der Waals surface area contributed by atoms with Crippen molar-refractivity contribution in [2.75, 3.05) is 34.5 Å².